The van der Waals surface area contributed by atoms with Crippen LogP contribution < -0.4 is 10.1 Å². The number of amides is 1. The molecule has 1 aromatic carbocycles. The lowest BCUT2D eigenvalue weighted by Gasteiger charge is -2.13. The zero-order valence-electron chi connectivity index (χ0n) is 11.7. The number of nitrogens with zero attached hydrogens (tertiary/aromatic N) is 2. The predicted octanol–water partition coefficient (Wildman–Crippen LogP) is 2.38. The molecule has 1 amide bonds. The first-order chi connectivity index (χ1) is 10.5. The van der Waals surface area contributed by atoms with Gasteiger partial charge in [-0.3, -0.25) is 10.1 Å². The fourth-order valence-corrected chi connectivity index (χ4v) is 2.11. The molecule has 0 aliphatic rings. The number of ether oxygens (including phenoxy) is 2. The van der Waals surface area contributed by atoms with E-state index >= 15 is 0 Å². The van der Waals surface area contributed by atoms with E-state index in [0.717, 1.165) is 11.5 Å². The highest BCUT2D eigenvalue weighted by atomic mass is 35.5. The van der Waals surface area contributed by atoms with Crippen molar-refractivity contribution in [2.75, 3.05) is 12.4 Å². The molecule has 0 aliphatic heterocycles. The summed E-state index contributed by atoms with van der Waals surface area (Å²) in [7, 11) is 1.23. The van der Waals surface area contributed by atoms with Crippen LogP contribution in [0.5, 0.6) is 5.75 Å². The molecule has 0 fully saturated rings. The van der Waals surface area contributed by atoms with Gasteiger partial charge in [-0.25, -0.2) is 4.79 Å². The predicted molar refractivity (Wildman–Crippen MR) is 81.4 cm³/mol. The summed E-state index contributed by atoms with van der Waals surface area (Å²) in [5.74, 6) is -0.668. The number of benzene rings is 1. The third-order valence-electron chi connectivity index (χ3n) is 2.52. The van der Waals surface area contributed by atoms with Gasteiger partial charge in [0.05, 0.1) is 7.11 Å². The van der Waals surface area contributed by atoms with E-state index in [1.54, 1.807) is 31.2 Å². The number of halogens is 1. The van der Waals surface area contributed by atoms with E-state index in [-0.39, 0.29) is 11.0 Å². The summed E-state index contributed by atoms with van der Waals surface area (Å²) in [6.07, 6.45) is -0.758. The van der Waals surface area contributed by atoms with Crippen LogP contribution in [0.15, 0.2) is 24.3 Å². The van der Waals surface area contributed by atoms with Gasteiger partial charge < -0.3 is 9.47 Å². The van der Waals surface area contributed by atoms with Crippen molar-refractivity contribution in [3.63, 3.8) is 0 Å². The molecule has 2 rings (SSSR count). The normalized spacial score (nSPS) is 11.6. The van der Waals surface area contributed by atoms with Gasteiger partial charge in [-0.2, -0.15) is 9.36 Å². The fourth-order valence-electron chi connectivity index (χ4n) is 1.43. The van der Waals surface area contributed by atoms with Gasteiger partial charge in [-0.1, -0.05) is 11.6 Å². The standard InChI is InChI=1S/C13H12ClN3O4S/c1-7(21-9-5-3-8(14)4-6-9)11(18)16-13-15-10(17-22-13)12(19)20-2/h3-7H,1-2H3,(H,15,16,17,18). The van der Waals surface area contributed by atoms with Crippen molar-refractivity contribution < 1.29 is 19.1 Å². The van der Waals surface area contributed by atoms with Gasteiger partial charge in [-0.05, 0) is 31.2 Å². The van der Waals surface area contributed by atoms with Crippen LogP contribution in [-0.4, -0.2) is 34.4 Å². The zero-order chi connectivity index (χ0) is 16.1. The van der Waals surface area contributed by atoms with Crippen LogP contribution in [0.3, 0.4) is 0 Å². The minimum atomic E-state index is -0.758. The number of nitrogens with one attached hydrogen (secondary N) is 1. The number of anilines is 1. The van der Waals surface area contributed by atoms with Crippen molar-refractivity contribution >= 4 is 40.1 Å². The third-order valence-corrected chi connectivity index (χ3v) is 3.40. The average molecular weight is 342 g/mol. The molecule has 0 saturated carbocycles. The van der Waals surface area contributed by atoms with E-state index in [1.165, 1.54) is 7.11 Å². The Morgan fingerprint density at radius 3 is 2.64 bits per heavy atom. The van der Waals surface area contributed by atoms with Crippen molar-refractivity contribution in [3.8, 4) is 5.75 Å². The molecule has 0 radical (unpaired) electrons. The summed E-state index contributed by atoms with van der Waals surface area (Å²) < 4.78 is 13.7. The topological polar surface area (TPSA) is 90.4 Å². The molecule has 9 heteroatoms. The summed E-state index contributed by atoms with van der Waals surface area (Å²) in [6.45, 7) is 1.59. The fraction of sp³-hybridized carbons (Fsp3) is 0.231. The molecule has 1 atom stereocenters. The highest BCUT2D eigenvalue weighted by Crippen LogP contribution is 2.18. The van der Waals surface area contributed by atoms with Gasteiger partial charge in [0.15, 0.2) is 6.10 Å². The Bertz CT molecular complexity index is 674. The molecule has 22 heavy (non-hydrogen) atoms. The molecule has 0 saturated heterocycles. The number of esters is 1. The van der Waals surface area contributed by atoms with E-state index in [9.17, 15) is 9.59 Å². The third kappa shape index (κ3) is 4.15. The molecule has 1 heterocycles. The Labute approximate surface area is 135 Å². The second-order valence-electron chi connectivity index (χ2n) is 4.12. The van der Waals surface area contributed by atoms with E-state index in [4.69, 9.17) is 16.3 Å². The van der Waals surface area contributed by atoms with Gasteiger partial charge in [0.1, 0.15) is 5.75 Å². The van der Waals surface area contributed by atoms with Crippen molar-refractivity contribution in [2.45, 2.75) is 13.0 Å². The SMILES string of the molecule is COC(=O)c1nsc(NC(=O)C(C)Oc2ccc(Cl)cc2)n1. The Morgan fingerprint density at radius 2 is 2.00 bits per heavy atom. The van der Waals surface area contributed by atoms with E-state index < -0.39 is 18.0 Å². The number of hydrogen-bond acceptors (Lipinski definition) is 7. The zero-order valence-corrected chi connectivity index (χ0v) is 13.3. The van der Waals surface area contributed by atoms with Crippen molar-refractivity contribution in [3.05, 3.63) is 35.1 Å². The summed E-state index contributed by atoms with van der Waals surface area (Å²) in [4.78, 5) is 27.1. The first-order valence-electron chi connectivity index (χ1n) is 6.14. The Morgan fingerprint density at radius 1 is 1.32 bits per heavy atom. The number of carbonyl (C=O) groups excluding carboxylic acids is 2. The quantitative estimate of drug-likeness (QED) is 0.840. The average Bonchev–Trinajstić information content (AvgIpc) is 2.97. The lowest BCUT2D eigenvalue weighted by Crippen LogP contribution is -2.30. The number of carbonyl (C=O) groups is 2. The number of rotatable bonds is 5. The smallest absolute Gasteiger partial charge is 0.377 e. The first kappa shape index (κ1) is 16.2. The van der Waals surface area contributed by atoms with Crippen LogP contribution in [0.1, 0.15) is 17.5 Å². The molecule has 0 bridgehead atoms. The molecule has 1 N–H and O–H groups in total. The maximum atomic E-state index is 12.0. The first-order valence-corrected chi connectivity index (χ1v) is 7.30. The van der Waals surface area contributed by atoms with Gasteiger partial charge in [0.2, 0.25) is 5.13 Å². The molecule has 0 aliphatic carbocycles. The largest absolute Gasteiger partial charge is 0.481 e. The lowest BCUT2D eigenvalue weighted by molar-refractivity contribution is -0.122. The van der Waals surface area contributed by atoms with Crippen LogP contribution in [0.25, 0.3) is 0 Å². The number of methoxy groups -OCH3 is 1. The molecule has 7 nitrogen and oxygen atoms in total. The summed E-state index contributed by atoms with van der Waals surface area (Å²) in [5, 5.41) is 3.29. The number of aromatic nitrogens is 2. The second-order valence-corrected chi connectivity index (χ2v) is 5.31. The highest BCUT2D eigenvalue weighted by molar-refractivity contribution is 7.10. The minimum Gasteiger partial charge on any atom is -0.481 e. The van der Waals surface area contributed by atoms with Crippen LogP contribution >= 0.6 is 23.1 Å². The van der Waals surface area contributed by atoms with Gasteiger partial charge >= 0.3 is 5.97 Å². The molecule has 0 spiro atoms. The summed E-state index contributed by atoms with van der Waals surface area (Å²) in [6, 6.07) is 6.64. The lowest BCUT2D eigenvalue weighted by atomic mass is 10.3. The van der Waals surface area contributed by atoms with Crippen molar-refractivity contribution in [1.29, 1.82) is 0 Å². The van der Waals surface area contributed by atoms with Crippen LogP contribution in [0, 0.1) is 0 Å². The van der Waals surface area contributed by atoms with Crippen molar-refractivity contribution in [2.24, 2.45) is 0 Å². The van der Waals surface area contributed by atoms with Crippen LogP contribution in [0.2, 0.25) is 5.02 Å². The maximum absolute atomic E-state index is 12.0. The minimum absolute atomic E-state index is 0.103. The van der Waals surface area contributed by atoms with E-state index in [0.29, 0.717) is 10.8 Å². The Hall–Kier alpha value is -2.19. The number of hydrogen-bond donors (Lipinski definition) is 1. The molecule has 1 aromatic heterocycles. The molecule has 116 valence electrons. The molecular weight excluding hydrogens is 330 g/mol. The Balaban J connectivity index is 1.94. The van der Waals surface area contributed by atoms with Crippen LogP contribution in [-0.2, 0) is 9.53 Å². The highest BCUT2D eigenvalue weighted by Gasteiger charge is 2.19. The molecule has 2 aromatic rings. The van der Waals surface area contributed by atoms with E-state index in [2.05, 4.69) is 19.4 Å². The Kier molecular flexibility index (Phi) is 5.29. The van der Waals surface area contributed by atoms with Gasteiger partial charge in [0, 0.05) is 16.6 Å². The maximum Gasteiger partial charge on any atom is 0.377 e. The second kappa shape index (κ2) is 7.19. The summed E-state index contributed by atoms with van der Waals surface area (Å²) in [5.41, 5.74) is 0. The van der Waals surface area contributed by atoms with Gasteiger partial charge in [0.25, 0.3) is 11.7 Å². The van der Waals surface area contributed by atoms with Crippen LogP contribution in [0.4, 0.5) is 5.13 Å². The molecule has 1 unspecified atom stereocenters. The van der Waals surface area contributed by atoms with Crippen molar-refractivity contribution in [1.82, 2.24) is 9.36 Å². The van der Waals surface area contributed by atoms with E-state index in [1.807, 2.05) is 0 Å². The van der Waals surface area contributed by atoms with Gasteiger partial charge in [-0.15, -0.1) is 0 Å². The monoisotopic (exact) mass is 341 g/mol. The molecular formula is C13H12ClN3O4S. The summed E-state index contributed by atoms with van der Waals surface area (Å²) >= 11 is 6.65.